The monoisotopic (exact) mass is 306 g/mol. The molecule has 0 atom stereocenters. The van der Waals surface area contributed by atoms with Gasteiger partial charge in [-0.3, -0.25) is 10.1 Å². The lowest BCUT2D eigenvalue weighted by atomic mass is 10.1. The zero-order valence-electron chi connectivity index (χ0n) is 11.7. The molecule has 0 aromatic heterocycles. The van der Waals surface area contributed by atoms with Crippen LogP contribution in [0.25, 0.3) is 0 Å². The fraction of sp³-hybridized carbons (Fsp3) is 0.200. The van der Waals surface area contributed by atoms with Crippen molar-refractivity contribution in [1.82, 2.24) is 0 Å². The minimum atomic E-state index is -0.437. The van der Waals surface area contributed by atoms with Gasteiger partial charge in [-0.15, -0.1) is 0 Å². The molecule has 6 heteroatoms. The fourth-order valence-electron chi connectivity index (χ4n) is 1.89. The summed E-state index contributed by atoms with van der Waals surface area (Å²) >= 11 is 6.08. The van der Waals surface area contributed by atoms with E-state index in [9.17, 15) is 10.1 Å². The predicted molar refractivity (Wildman–Crippen MR) is 83.2 cm³/mol. The van der Waals surface area contributed by atoms with Crippen LogP contribution in [0.15, 0.2) is 36.4 Å². The maximum absolute atomic E-state index is 10.8. The molecule has 0 aliphatic heterocycles. The molecular formula is C15H15ClN2O3. The van der Waals surface area contributed by atoms with E-state index in [4.69, 9.17) is 16.3 Å². The van der Waals surface area contributed by atoms with Crippen molar-refractivity contribution in [3.05, 3.63) is 62.7 Å². The Morgan fingerprint density at radius 2 is 2.05 bits per heavy atom. The maximum Gasteiger partial charge on any atom is 0.271 e. The fourth-order valence-corrected chi connectivity index (χ4v) is 2.09. The van der Waals surface area contributed by atoms with E-state index in [1.165, 1.54) is 19.2 Å². The van der Waals surface area contributed by atoms with Crippen LogP contribution in [-0.4, -0.2) is 12.0 Å². The number of nitrogens with one attached hydrogen (secondary N) is 1. The molecule has 0 unspecified atom stereocenters. The Labute approximate surface area is 127 Å². The predicted octanol–water partition coefficient (Wildman–Crippen LogP) is 4.18. The van der Waals surface area contributed by atoms with Crippen LogP contribution >= 0.6 is 11.6 Å². The third-order valence-electron chi connectivity index (χ3n) is 3.11. The quantitative estimate of drug-likeness (QED) is 0.665. The van der Waals surface area contributed by atoms with E-state index in [-0.39, 0.29) is 5.69 Å². The highest BCUT2D eigenvalue weighted by Crippen LogP contribution is 2.29. The van der Waals surface area contributed by atoms with E-state index in [1.54, 1.807) is 6.07 Å². The van der Waals surface area contributed by atoms with Gasteiger partial charge in [0.2, 0.25) is 0 Å². The minimum absolute atomic E-state index is 0.0141. The molecule has 2 aromatic rings. The highest BCUT2D eigenvalue weighted by atomic mass is 35.5. The Kier molecular flexibility index (Phi) is 4.65. The van der Waals surface area contributed by atoms with Crippen LogP contribution in [0.2, 0.25) is 5.02 Å². The summed E-state index contributed by atoms with van der Waals surface area (Å²) in [5, 5.41) is 14.7. The smallest absolute Gasteiger partial charge is 0.271 e. The molecule has 21 heavy (non-hydrogen) atoms. The topological polar surface area (TPSA) is 64.4 Å². The minimum Gasteiger partial charge on any atom is -0.495 e. The largest absolute Gasteiger partial charge is 0.495 e. The molecule has 2 rings (SSSR count). The molecule has 0 saturated heterocycles. The molecule has 0 fully saturated rings. The number of benzene rings is 2. The van der Waals surface area contributed by atoms with Crippen molar-refractivity contribution < 1.29 is 9.66 Å². The number of hydrogen-bond acceptors (Lipinski definition) is 4. The molecule has 0 amide bonds. The summed E-state index contributed by atoms with van der Waals surface area (Å²) in [4.78, 5) is 10.4. The average molecular weight is 307 g/mol. The highest BCUT2D eigenvalue weighted by molar-refractivity contribution is 6.31. The van der Waals surface area contributed by atoms with Gasteiger partial charge in [0.15, 0.2) is 0 Å². The first-order chi connectivity index (χ1) is 10.0. The molecule has 0 spiro atoms. The summed E-state index contributed by atoms with van der Waals surface area (Å²) in [6.07, 6.45) is 0. The van der Waals surface area contributed by atoms with Crippen LogP contribution in [0, 0.1) is 17.0 Å². The van der Waals surface area contributed by atoms with E-state index in [1.807, 2.05) is 25.1 Å². The number of nitro benzene ring substituents is 1. The van der Waals surface area contributed by atoms with E-state index in [0.29, 0.717) is 23.0 Å². The molecule has 2 aromatic carbocycles. The van der Waals surface area contributed by atoms with Gasteiger partial charge in [-0.2, -0.15) is 0 Å². The van der Waals surface area contributed by atoms with Gasteiger partial charge in [0.05, 0.1) is 17.7 Å². The number of nitrogens with zero attached hydrogens (tertiary/aromatic N) is 1. The standard InChI is InChI=1S/C15H15ClN2O3/c1-10-3-4-11(7-13(10)16)9-17-14-8-12(18(19)20)5-6-15(14)21-2/h3-8,17H,9H2,1-2H3. The van der Waals surface area contributed by atoms with Gasteiger partial charge in [-0.05, 0) is 30.2 Å². The van der Waals surface area contributed by atoms with Gasteiger partial charge in [-0.1, -0.05) is 23.7 Å². The van der Waals surface area contributed by atoms with Crippen molar-refractivity contribution in [2.45, 2.75) is 13.5 Å². The highest BCUT2D eigenvalue weighted by Gasteiger charge is 2.11. The number of anilines is 1. The van der Waals surface area contributed by atoms with E-state index >= 15 is 0 Å². The van der Waals surface area contributed by atoms with Crippen LogP contribution in [-0.2, 0) is 6.54 Å². The number of nitro groups is 1. The van der Waals surface area contributed by atoms with Crippen LogP contribution in [0.4, 0.5) is 11.4 Å². The van der Waals surface area contributed by atoms with Crippen LogP contribution < -0.4 is 10.1 Å². The Balaban J connectivity index is 2.19. The Bertz CT molecular complexity index is 674. The van der Waals surface area contributed by atoms with Crippen LogP contribution in [0.3, 0.4) is 0 Å². The second-order valence-corrected chi connectivity index (χ2v) is 4.99. The first kappa shape index (κ1) is 15.1. The number of aryl methyl sites for hydroxylation is 1. The van der Waals surface area contributed by atoms with Crippen molar-refractivity contribution in [2.24, 2.45) is 0 Å². The van der Waals surface area contributed by atoms with Crippen molar-refractivity contribution in [3.8, 4) is 5.75 Å². The zero-order chi connectivity index (χ0) is 15.4. The zero-order valence-corrected chi connectivity index (χ0v) is 12.5. The molecule has 0 bridgehead atoms. The lowest BCUT2D eigenvalue weighted by molar-refractivity contribution is -0.384. The van der Waals surface area contributed by atoms with Gasteiger partial charge < -0.3 is 10.1 Å². The molecular weight excluding hydrogens is 292 g/mol. The van der Waals surface area contributed by atoms with Crippen molar-refractivity contribution in [1.29, 1.82) is 0 Å². The number of ether oxygens (including phenoxy) is 1. The summed E-state index contributed by atoms with van der Waals surface area (Å²) < 4.78 is 5.20. The van der Waals surface area contributed by atoms with E-state index < -0.39 is 4.92 Å². The summed E-state index contributed by atoms with van der Waals surface area (Å²) in [6, 6.07) is 10.2. The van der Waals surface area contributed by atoms with Crippen LogP contribution in [0.5, 0.6) is 5.75 Å². The van der Waals surface area contributed by atoms with Crippen molar-refractivity contribution >= 4 is 23.0 Å². The molecule has 110 valence electrons. The average Bonchev–Trinajstić information content (AvgIpc) is 2.48. The molecule has 0 radical (unpaired) electrons. The van der Waals surface area contributed by atoms with Crippen LogP contribution in [0.1, 0.15) is 11.1 Å². The molecule has 0 aliphatic carbocycles. The third kappa shape index (κ3) is 3.64. The summed E-state index contributed by atoms with van der Waals surface area (Å²) in [5.74, 6) is 0.554. The molecule has 0 heterocycles. The summed E-state index contributed by atoms with van der Waals surface area (Å²) in [7, 11) is 1.52. The van der Waals surface area contributed by atoms with Gasteiger partial charge >= 0.3 is 0 Å². The first-order valence-electron chi connectivity index (χ1n) is 6.32. The Morgan fingerprint density at radius 3 is 2.67 bits per heavy atom. The van der Waals surface area contributed by atoms with Gasteiger partial charge in [0, 0.05) is 23.7 Å². The SMILES string of the molecule is COc1ccc([N+](=O)[O-])cc1NCc1ccc(C)c(Cl)c1. The summed E-state index contributed by atoms with van der Waals surface area (Å²) in [5.41, 5.74) is 2.58. The second kappa shape index (κ2) is 6.45. The summed E-state index contributed by atoms with van der Waals surface area (Å²) in [6.45, 7) is 2.43. The van der Waals surface area contributed by atoms with Crippen molar-refractivity contribution in [3.63, 3.8) is 0 Å². The van der Waals surface area contributed by atoms with Gasteiger partial charge in [0.25, 0.3) is 5.69 Å². The first-order valence-corrected chi connectivity index (χ1v) is 6.70. The van der Waals surface area contributed by atoms with Gasteiger partial charge in [0.1, 0.15) is 5.75 Å². The van der Waals surface area contributed by atoms with E-state index in [2.05, 4.69) is 5.32 Å². The number of methoxy groups -OCH3 is 1. The number of rotatable bonds is 5. The Morgan fingerprint density at radius 1 is 1.29 bits per heavy atom. The second-order valence-electron chi connectivity index (χ2n) is 4.58. The third-order valence-corrected chi connectivity index (χ3v) is 3.52. The lowest BCUT2D eigenvalue weighted by Crippen LogP contribution is -2.02. The number of halogens is 1. The van der Waals surface area contributed by atoms with E-state index in [0.717, 1.165) is 11.1 Å². The normalized spacial score (nSPS) is 10.2. The molecule has 5 nitrogen and oxygen atoms in total. The maximum atomic E-state index is 10.8. The molecule has 1 N–H and O–H groups in total. The molecule has 0 saturated carbocycles. The van der Waals surface area contributed by atoms with Gasteiger partial charge in [-0.25, -0.2) is 0 Å². The Hall–Kier alpha value is -2.27. The lowest BCUT2D eigenvalue weighted by Gasteiger charge is -2.11. The number of hydrogen-bond donors (Lipinski definition) is 1. The number of non-ortho nitro benzene ring substituents is 1. The van der Waals surface area contributed by atoms with Crippen molar-refractivity contribution in [2.75, 3.05) is 12.4 Å². The molecule has 0 aliphatic rings.